The molecule has 2 heterocycles. The summed E-state index contributed by atoms with van der Waals surface area (Å²) in [7, 11) is 0. The summed E-state index contributed by atoms with van der Waals surface area (Å²) in [6.07, 6.45) is 1.22. The number of hydrogen-bond donors (Lipinski definition) is 3. The molecule has 1 unspecified atom stereocenters. The van der Waals surface area contributed by atoms with Crippen LogP contribution in [0.25, 0.3) is 0 Å². The van der Waals surface area contributed by atoms with Crippen LogP contribution in [0.3, 0.4) is 0 Å². The zero-order valence-electron chi connectivity index (χ0n) is 11.8. The number of aryl methyl sites for hydroxylation is 1. The molecule has 0 saturated heterocycles. The Hall–Kier alpha value is -1.66. The van der Waals surface area contributed by atoms with E-state index in [1.807, 2.05) is 23.8 Å². The summed E-state index contributed by atoms with van der Waals surface area (Å²) in [5.74, 6) is 1.94. The van der Waals surface area contributed by atoms with Crippen LogP contribution >= 0.6 is 11.3 Å². The third-order valence-electron chi connectivity index (χ3n) is 3.09. The minimum absolute atomic E-state index is 0.402. The first-order valence-electron chi connectivity index (χ1n) is 6.68. The largest absolute Gasteiger partial charge is 0.387 e. The molecule has 0 saturated carbocycles. The van der Waals surface area contributed by atoms with E-state index in [4.69, 9.17) is 5.73 Å². The Kier molecular flexibility index (Phi) is 4.92. The maximum absolute atomic E-state index is 10.1. The van der Waals surface area contributed by atoms with Crippen LogP contribution in [0.4, 0.5) is 11.6 Å². The Morgan fingerprint density at radius 1 is 1.45 bits per heavy atom. The lowest BCUT2D eigenvalue weighted by atomic mass is 10.2. The number of nitrogen functional groups attached to an aromatic ring is 1. The highest BCUT2D eigenvalue weighted by atomic mass is 32.1. The quantitative estimate of drug-likeness (QED) is 0.762. The first-order chi connectivity index (χ1) is 9.61. The number of thiophene rings is 1. The molecule has 0 spiro atoms. The highest BCUT2D eigenvalue weighted by Gasteiger charge is 2.11. The first kappa shape index (κ1) is 14.7. The molecule has 108 valence electrons. The standard InChI is InChI=1S/C14H20N4OS/c1-3-4-12-17-13(15)9(2)14(18-12)16-7-11(19)10-5-6-20-8-10/h5-6,8,11,19H,3-4,7H2,1-2H3,(H3,15,16,17,18). The van der Waals surface area contributed by atoms with Gasteiger partial charge in [-0.2, -0.15) is 11.3 Å². The van der Waals surface area contributed by atoms with Gasteiger partial charge in [-0.3, -0.25) is 0 Å². The van der Waals surface area contributed by atoms with E-state index in [9.17, 15) is 5.11 Å². The van der Waals surface area contributed by atoms with E-state index in [1.54, 1.807) is 11.3 Å². The van der Waals surface area contributed by atoms with E-state index < -0.39 is 6.10 Å². The van der Waals surface area contributed by atoms with E-state index in [0.717, 1.165) is 29.8 Å². The van der Waals surface area contributed by atoms with Gasteiger partial charge < -0.3 is 16.2 Å². The summed E-state index contributed by atoms with van der Waals surface area (Å²) in [6, 6.07) is 1.92. The smallest absolute Gasteiger partial charge is 0.134 e. The Morgan fingerprint density at radius 2 is 2.25 bits per heavy atom. The average molecular weight is 292 g/mol. The van der Waals surface area contributed by atoms with Crippen molar-refractivity contribution in [2.75, 3.05) is 17.6 Å². The van der Waals surface area contributed by atoms with E-state index in [0.29, 0.717) is 18.2 Å². The molecular weight excluding hydrogens is 272 g/mol. The molecule has 4 N–H and O–H groups in total. The number of nitrogens with zero attached hydrogens (tertiary/aromatic N) is 2. The molecular formula is C14H20N4OS. The van der Waals surface area contributed by atoms with Crippen molar-refractivity contribution >= 4 is 23.0 Å². The Morgan fingerprint density at radius 3 is 2.90 bits per heavy atom. The number of aliphatic hydroxyl groups is 1. The van der Waals surface area contributed by atoms with Crippen LogP contribution in [0.15, 0.2) is 16.8 Å². The summed E-state index contributed by atoms with van der Waals surface area (Å²) in [4.78, 5) is 8.73. The van der Waals surface area contributed by atoms with Crippen molar-refractivity contribution < 1.29 is 5.11 Å². The average Bonchev–Trinajstić information content (AvgIpc) is 2.95. The first-order valence-corrected chi connectivity index (χ1v) is 7.63. The number of aliphatic hydroxyl groups excluding tert-OH is 1. The molecule has 2 aromatic heterocycles. The lowest BCUT2D eigenvalue weighted by molar-refractivity contribution is 0.192. The van der Waals surface area contributed by atoms with Gasteiger partial charge in [0.2, 0.25) is 0 Å². The number of anilines is 2. The molecule has 0 aliphatic rings. The highest BCUT2D eigenvalue weighted by molar-refractivity contribution is 7.07. The highest BCUT2D eigenvalue weighted by Crippen LogP contribution is 2.20. The second-order valence-corrected chi connectivity index (χ2v) is 5.48. The molecule has 0 fully saturated rings. The van der Waals surface area contributed by atoms with Gasteiger partial charge in [-0.15, -0.1) is 0 Å². The van der Waals surface area contributed by atoms with Crippen LogP contribution in [-0.2, 0) is 6.42 Å². The van der Waals surface area contributed by atoms with Crippen molar-refractivity contribution in [3.63, 3.8) is 0 Å². The fraction of sp³-hybridized carbons (Fsp3) is 0.429. The molecule has 6 heteroatoms. The molecule has 20 heavy (non-hydrogen) atoms. The SMILES string of the molecule is CCCc1nc(N)c(C)c(NCC(O)c2ccsc2)n1. The molecule has 0 amide bonds. The molecule has 0 bridgehead atoms. The van der Waals surface area contributed by atoms with E-state index in [1.165, 1.54) is 0 Å². The van der Waals surface area contributed by atoms with Gasteiger partial charge in [0.15, 0.2) is 0 Å². The summed E-state index contributed by atoms with van der Waals surface area (Å²) < 4.78 is 0. The van der Waals surface area contributed by atoms with Gasteiger partial charge in [-0.1, -0.05) is 6.92 Å². The predicted molar refractivity (Wildman–Crippen MR) is 82.9 cm³/mol. The predicted octanol–water partition coefficient (Wildman–Crippen LogP) is 2.53. The summed E-state index contributed by atoms with van der Waals surface area (Å²) in [5, 5.41) is 17.1. The molecule has 2 rings (SSSR count). The Balaban J connectivity index is 2.08. The summed E-state index contributed by atoms with van der Waals surface area (Å²) in [5.41, 5.74) is 7.64. The number of aromatic nitrogens is 2. The maximum atomic E-state index is 10.1. The minimum atomic E-state index is -0.550. The number of rotatable bonds is 6. The Bertz CT molecular complexity index is 557. The fourth-order valence-electron chi connectivity index (χ4n) is 1.87. The van der Waals surface area contributed by atoms with Crippen LogP contribution in [0.1, 0.15) is 36.4 Å². The molecule has 0 aliphatic carbocycles. The van der Waals surface area contributed by atoms with Crippen LogP contribution in [0, 0.1) is 6.92 Å². The van der Waals surface area contributed by atoms with Crippen molar-refractivity contribution in [3.8, 4) is 0 Å². The van der Waals surface area contributed by atoms with Crippen molar-refractivity contribution in [3.05, 3.63) is 33.8 Å². The normalized spacial score (nSPS) is 12.3. The fourth-order valence-corrected chi connectivity index (χ4v) is 2.57. The van der Waals surface area contributed by atoms with Crippen molar-refractivity contribution in [2.45, 2.75) is 32.8 Å². The molecule has 1 atom stereocenters. The number of nitrogens with two attached hydrogens (primary N) is 1. The molecule has 0 aromatic carbocycles. The summed E-state index contributed by atoms with van der Waals surface area (Å²) >= 11 is 1.57. The number of hydrogen-bond acceptors (Lipinski definition) is 6. The molecule has 0 radical (unpaired) electrons. The topological polar surface area (TPSA) is 84.1 Å². The van der Waals surface area contributed by atoms with Crippen molar-refractivity contribution in [1.82, 2.24) is 9.97 Å². The van der Waals surface area contributed by atoms with Crippen molar-refractivity contribution in [1.29, 1.82) is 0 Å². The van der Waals surface area contributed by atoms with Gasteiger partial charge in [-0.25, -0.2) is 9.97 Å². The van der Waals surface area contributed by atoms with E-state index in [2.05, 4.69) is 22.2 Å². The van der Waals surface area contributed by atoms with Gasteiger partial charge >= 0.3 is 0 Å². The third-order valence-corrected chi connectivity index (χ3v) is 3.80. The van der Waals surface area contributed by atoms with Gasteiger partial charge in [0.1, 0.15) is 17.5 Å². The lowest BCUT2D eigenvalue weighted by Gasteiger charge is -2.14. The van der Waals surface area contributed by atoms with Crippen LogP contribution < -0.4 is 11.1 Å². The van der Waals surface area contributed by atoms with Gasteiger partial charge in [0.05, 0.1) is 6.10 Å². The molecule has 5 nitrogen and oxygen atoms in total. The van der Waals surface area contributed by atoms with Crippen LogP contribution in [-0.4, -0.2) is 21.6 Å². The van der Waals surface area contributed by atoms with Crippen LogP contribution in [0.5, 0.6) is 0 Å². The monoisotopic (exact) mass is 292 g/mol. The van der Waals surface area contributed by atoms with Crippen molar-refractivity contribution in [2.24, 2.45) is 0 Å². The minimum Gasteiger partial charge on any atom is -0.387 e. The van der Waals surface area contributed by atoms with Gasteiger partial charge in [0.25, 0.3) is 0 Å². The second kappa shape index (κ2) is 6.67. The zero-order chi connectivity index (χ0) is 14.5. The van der Waals surface area contributed by atoms with Gasteiger partial charge in [0, 0.05) is 18.5 Å². The van der Waals surface area contributed by atoms with Crippen LogP contribution in [0.2, 0.25) is 0 Å². The lowest BCUT2D eigenvalue weighted by Crippen LogP contribution is -2.15. The number of nitrogens with one attached hydrogen (secondary N) is 1. The zero-order valence-corrected chi connectivity index (χ0v) is 12.6. The maximum Gasteiger partial charge on any atom is 0.134 e. The molecule has 2 aromatic rings. The molecule has 0 aliphatic heterocycles. The van der Waals surface area contributed by atoms with Gasteiger partial charge in [-0.05, 0) is 35.7 Å². The third kappa shape index (κ3) is 3.46. The Labute approximate surface area is 122 Å². The summed E-state index contributed by atoms with van der Waals surface area (Å²) in [6.45, 7) is 4.36. The van der Waals surface area contributed by atoms with E-state index >= 15 is 0 Å². The van der Waals surface area contributed by atoms with E-state index in [-0.39, 0.29) is 0 Å². The second-order valence-electron chi connectivity index (χ2n) is 4.70.